The van der Waals surface area contributed by atoms with Gasteiger partial charge >= 0.3 is 0 Å². The molecule has 0 saturated heterocycles. The topological polar surface area (TPSA) is 147 Å². The predicted molar refractivity (Wildman–Crippen MR) is 49.9 cm³/mol. The Bertz CT molecular complexity index is 255. The van der Waals surface area contributed by atoms with Gasteiger partial charge in [-0.1, -0.05) is 0 Å². The largest absolute Gasteiger partial charge is 0.394 e. The number of nitrogens with one attached hydrogen (secondary N) is 1. The van der Waals surface area contributed by atoms with E-state index in [1.807, 2.05) is 0 Å². The number of carbonyl (C=O) groups is 2. The van der Waals surface area contributed by atoms with Crippen LogP contribution in [0.5, 0.6) is 0 Å². The van der Waals surface area contributed by atoms with E-state index in [4.69, 9.17) is 25.5 Å². The van der Waals surface area contributed by atoms with Crippen LogP contribution in [-0.2, 0) is 9.59 Å². The van der Waals surface area contributed by atoms with Gasteiger partial charge in [-0.05, 0) is 6.92 Å². The van der Waals surface area contributed by atoms with E-state index in [9.17, 15) is 9.59 Å². The Morgan fingerprint density at radius 1 is 1.19 bits per heavy atom. The van der Waals surface area contributed by atoms with Gasteiger partial charge in [-0.15, -0.1) is 0 Å². The van der Waals surface area contributed by atoms with E-state index in [0.717, 1.165) is 0 Å². The van der Waals surface area contributed by atoms with Gasteiger partial charge in [0.1, 0.15) is 18.4 Å². The zero-order valence-corrected chi connectivity index (χ0v) is 8.57. The molecule has 0 aromatic carbocycles. The molecule has 0 saturated carbocycles. The fraction of sp³-hybridized carbons (Fsp3) is 0.750. The molecule has 1 unspecified atom stereocenters. The zero-order chi connectivity index (χ0) is 12.9. The number of carbonyl (C=O) groups excluding carboxylic acids is 2. The normalized spacial score (nSPS) is 18.4. The van der Waals surface area contributed by atoms with Gasteiger partial charge in [0.2, 0.25) is 0 Å². The molecule has 0 rings (SSSR count). The van der Waals surface area contributed by atoms with Crippen molar-refractivity contribution < 1.29 is 35.1 Å². The third-order valence-corrected chi connectivity index (χ3v) is 1.74. The smallest absolute Gasteiger partial charge is 0.292 e. The fourth-order valence-electron chi connectivity index (χ4n) is 0.869. The molecule has 8 nitrogen and oxygen atoms in total. The van der Waals surface area contributed by atoms with Crippen molar-refractivity contribution in [1.29, 1.82) is 0 Å². The summed E-state index contributed by atoms with van der Waals surface area (Å²) < 4.78 is 0. The first-order chi connectivity index (χ1) is 7.31. The van der Waals surface area contributed by atoms with E-state index in [1.165, 1.54) is 6.92 Å². The molecule has 0 radical (unpaired) electrons. The van der Waals surface area contributed by atoms with E-state index >= 15 is 0 Å². The number of aliphatic hydroxyl groups excluding tert-OH is 5. The summed E-state index contributed by atoms with van der Waals surface area (Å²) in [5.41, 5.74) is 0. The summed E-state index contributed by atoms with van der Waals surface area (Å²) in [7, 11) is 0. The lowest BCUT2D eigenvalue weighted by Gasteiger charge is -2.20. The second-order valence-electron chi connectivity index (χ2n) is 3.20. The number of aliphatic hydroxyl groups is 5. The molecule has 0 spiro atoms. The number of hydrogen-bond donors (Lipinski definition) is 6. The minimum Gasteiger partial charge on any atom is -0.394 e. The van der Waals surface area contributed by atoms with Crippen LogP contribution in [0.2, 0.25) is 0 Å². The van der Waals surface area contributed by atoms with Gasteiger partial charge in [0.15, 0.2) is 6.10 Å². The predicted octanol–water partition coefficient (Wildman–Crippen LogP) is -3.91. The highest BCUT2D eigenvalue weighted by atomic mass is 16.4. The monoisotopic (exact) mass is 237 g/mol. The maximum absolute atomic E-state index is 11.1. The fourth-order valence-corrected chi connectivity index (χ4v) is 0.869. The average molecular weight is 237 g/mol. The molecule has 6 N–H and O–H groups in total. The summed E-state index contributed by atoms with van der Waals surface area (Å²) in [4.78, 5) is 22.1. The van der Waals surface area contributed by atoms with Gasteiger partial charge in [0.25, 0.3) is 11.7 Å². The van der Waals surface area contributed by atoms with E-state index in [1.54, 1.807) is 5.32 Å². The van der Waals surface area contributed by atoms with Crippen molar-refractivity contribution in [2.75, 3.05) is 6.61 Å². The molecule has 0 fully saturated rings. The van der Waals surface area contributed by atoms with Gasteiger partial charge in [0.05, 0.1) is 6.61 Å². The van der Waals surface area contributed by atoms with E-state index < -0.39 is 42.8 Å². The van der Waals surface area contributed by atoms with Gasteiger partial charge in [-0.25, -0.2) is 0 Å². The van der Waals surface area contributed by atoms with E-state index in [2.05, 4.69) is 0 Å². The molecule has 0 aromatic rings. The molecule has 0 aliphatic rings. The van der Waals surface area contributed by atoms with E-state index in [-0.39, 0.29) is 0 Å². The van der Waals surface area contributed by atoms with Crippen LogP contribution in [0.1, 0.15) is 6.92 Å². The van der Waals surface area contributed by atoms with Crippen LogP contribution in [0.25, 0.3) is 0 Å². The van der Waals surface area contributed by atoms with Crippen molar-refractivity contribution in [3.8, 4) is 0 Å². The van der Waals surface area contributed by atoms with Crippen LogP contribution in [-0.4, -0.2) is 68.4 Å². The number of Topliss-reactive ketones (excluding diaryl/α,β-unsaturated/α-hetero) is 1. The number of hydrogen-bond acceptors (Lipinski definition) is 7. The SMILES string of the molecule is CC(O)NC(=O)C(=O)[C@@H](O)[C@H](O)[C@H](O)CO. The summed E-state index contributed by atoms with van der Waals surface area (Å²) in [5, 5.41) is 46.2. The summed E-state index contributed by atoms with van der Waals surface area (Å²) in [6.45, 7) is 0.306. The Morgan fingerprint density at radius 3 is 2.06 bits per heavy atom. The first-order valence-electron chi connectivity index (χ1n) is 4.49. The van der Waals surface area contributed by atoms with Crippen LogP contribution in [0.15, 0.2) is 0 Å². The van der Waals surface area contributed by atoms with E-state index in [0.29, 0.717) is 0 Å². The lowest BCUT2D eigenvalue weighted by Crippen LogP contribution is -2.50. The quantitative estimate of drug-likeness (QED) is 0.204. The lowest BCUT2D eigenvalue weighted by atomic mass is 10.0. The number of ketones is 1. The minimum absolute atomic E-state index is 0.871. The lowest BCUT2D eigenvalue weighted by molar-refractivity contribution is -0.152. The van der Waals surface area contributed by atoms with Crippen molar-refractivity contribution in [1.82, 2.24) is 5.32 Å². The standard InChI is InChI=1S/C8H15NO7/c1-3(11)9-8(16)7(15)6(14)5(13)4(12)2-10/h3-6,10-14H,2H2,1H3,(H,9,16)/t3?,4-,5-,6+/m1/s1. The van der Waals surface area contributed by atoms with Crippen molar-refractivity contribution in [3.05, 3.63) is 0 Å². The van der Waals surface area contributed by atoms with Crippen LogP contribution >= 0.6 is 0 Å². The van der Waals surface area contributed by atoms with Crippen LogP contribution in [0.4, 0.5) is 0 Å². The molecule has 8 heteroatoms. The van der Waals surface area contributed by atoms with Crippen LogP contribution in [0, 0.1) is 0 Å². The first-order valence-corrected chi connectivity index (χ1v) is 4.49. The second-order valence-corrected chi connectivity index (χ2v) is 3.20. The third-order valence-electron chi connectivity index (χ3n) is 1.74. The van der Waals surface area contributed by atoms with Gasteiger partial charge in [-0.3, -0.25) is 9.59 Å². The second kappa shape index (κ2) is 6.51. The van der Waals surface area contributed by atoms with Crippen molar-refractivity contribution in [2.45, 2.75) is 31.5 Å². The molecule has 4 atom stereocenters. The Balaban J connectivity index is 4.43. The highest BCUT2D eigenvalue weighted by molar-refractivity contribution is 6.38. The first kappa shape index (κ1) is 14.9. The molecule has 16 heavy (non-hydrogen) atoms. The molecule has 94 valence electrons. The minimum atomic E-state index is -2.17. The molecule has 1 amide bonds. The van der Waals surface area contributed by atoms with Crippen LogP contribution in [0.3, 0.4) is 0 Å². The summed E-state index contributed by atoms with van der Waals surface area (Å²) in [6.07, 6.45) is -7.17. The maximum Gasteiger partial charge on any atom is 0.292 e. The van der Waals surface area contributed by atoms with Crippen molar-refractivity contribution >= 4 is 11.7 Å². The van der Waals surface area contributed by atoms with Gasteiger partial charge < -0.3 is 30.8 Å². The highest BCUT2D eigenvalue weighted by Crippen LogP contribution is 2.01. The average Bonchev–Trinajstić information content (AvgIpc) is 2.23. The van der Waals surface area contributed by atoms with Crippen molar-refractivity contribution in [3.63, 3.8) is 0 Å². The molecule has 0 aliphatic carbocycles. The van der Waals surface area contributed by atoms with Gasteiger partial charge in [-0.2, -0.15) is 0 Å². The molecule has 0 aliphatic heterocycles. The number of rotatable bonds is 6. The number of amides is 1. The maximum atomic E-state index is 11.1. The zero-order valence-electron chi connectivity index (χ0n) is 8.57. The van der Waals surface area contributed by atoms with Crippen molar-refractivity contribution in [2.24, 2.45) is 0 Å². The van der Waals surface area contributed by atoms with Gasteiger partial charge in [0, 0.05) is 0 Å². The van der Waals surface area contributed by atoms with Crippen LogP contribution < -0.4 is 5.32 Å². The molecule has 0 aromatic heterocycles. The third kappa shape index (κ3) is 4.21. The highest BCUT2D eigenvalue weighted by Gasteiger charge is 2.33. The Labute approximate surface area is 91.1 Å². The summed E-state index contributed by atoms with van der Waals surface area (Å²) >= 11 is 0. The Morgan fingerprint density at radius 2 is 1.69 bits per heavy atom. The molecular formula is C8H15NO7. The molecule has 0 bridgehead atoms. The Kier molecular flexibility index (Phi) is 6.08. The molecule has 0 heterocycles. The Hall–Kier alpha value is -1.06. The summed E-state index contributed by atoms with van der Waals surface area (Å²) in [5.74, 6) is -2.72. The summed E-state index contributed by atoms with van der Waals surface area (Å²) in [6, 6.07) is 0. The molecular weight excluding hydrogens is 222 g/mol.